The van der Waals surface area contributed by atoms with Crippen LogP contribution < -0.4 is 0 Å². The standard InChI is InChI=1S/C16H15N3S/c1-2-20-16-18-14-10-6-7-11-15(14)19(16)17-12-13-8-4-3-5-9-13/h3-12H,2H2,1H3. The summed E-state index contributed by atoms with van der Waals surface area (Å²) in [5, 5.41) is 5.52. The van der Waals surface area contributed by atoms with Crippen molar-refractivity contribution < 1.29 is 0 Å². The maximum atomic E-state index is 4.63. The summed E-state index contributed by atoms with van der Waals surface area (Å²) in [6.07, 6.45) is 1.87. The molecular weight excluding hydrogens is 266 g/mol. The van der Waals surface area contributed by atoms with Gasteiger partial charge in [0, 0.05) is 0 Å². The minimum atomic E-state index is 0.931. The van der Waals surface area contributed by atoms with Crippen LogP contribution in [0.1, 0.15) is 12.5 Å². The molecule has 20 heavy (non-hydrogen) atoms. The molecule has 0 aliphatic carbocycles. The van der Waals surface area contributed by atoms with Crippen molar-refractivity contribution in [1.29, 1.82) is 0 Å². The maximum Gasteiger partial charge on any atom is 0.189 e. The second-order valence-corrected chi connectivity index (χ2v) is 5.51. The van der Waals surface area contributed by atoms with E-state index < -0.39 is 0 Å². The Morgan fingerprint density at radius 1 is 1.10 bits per heavy atom. The third-order valence-electron chi connectivity index (χ3n) is 2.90. The monoisotopic (exact) mass is 281 g/mol. The number of aromatic nitrogens is 2. The largest absolute Gasteiger partial charge is 0.221 e. The first-order valence-corrected chi connectivity index (χ1v) is 7.56. The molecule has 0 fully saturated rings. The van der Waals surface area contributed by atoms with Crippen LogP contribution >= 0.6 is 11.8 Å². The summed E-state index contributed by atoms with van der Waals surface area (Å²) >= 11 is 1.70. The highest BCUT2D eigenvalue weighted by Crippen LogP contribution is 2.23. The number of thioether (sulfide) groups is 1. The lowest BCUT2D eigenvalue weighted by Gasteiger charge is -2.00. The molecule has 0 aliphatic rings. The molecule has 0 spiro atoms. The number of hydrogen-bond acceptors (Lipinski definition) is 3. The third-order valence-corrected chi connectivity index (χ3v) is 3.71. The van der Waals surface area contributed by atoms with Gasteiger partial charge in [-0.3, -0.25) is 0 Å². The molecule has 0 amide bonds. The van der Waals surface area contributed by atoms with Gasteiger partial charge in [0.05, 0.1) is 17.2 Å². The van der Waals surface area contributed by atoms with Crippen LogP contribution in [0.25, 0.3) is 11.0 Å². The second kappa shape index (κ2) is 5.92. The summed E-state index contributed by atoms with van der Waals surface area (Å²) < 4.78 is 1.91. The van der Waals surface area contributed by atoms with Gasteiger partial charge in [-0.25, -0.2) is 9.66 Å². The SMILES string of the molecule is CCSc1nc2ccccc2n1N=Cc1ccccc1. The van der Waals surface area contributed by atoms with Crippen LogP contribution in [0.5, 0.6) is 0 Å². The van der Waals surface area contributed by atoms with Gasteiger partial charge in [0.1, 0.15) is 0 Å². The first kappa shape index (κ1) is 12.9. The van der Waals surface area contributed by atoms with Crippen molar-refractivity contribution >= 4 is 29.0 Å². The zero-order valence-corrected chi connectivity index (χ0v) is 12.0. The number of rotatable bonds is 4. The van der Waals surface area contributed by atoms with Gasteiger partial charge in [-0.2, -0.15) is 5.10 Å². The molecular formula is C16H15N3S. The number of imidazole rings is 1. The molecule has 2 aromatic carbocycles. The fraction of sp³-hybridized carbons (Fsp3) is 0.125. The Bertz CT molecular complexity index is 732. The molecule has 0 N–H and O–H groups in total. The van der Waals surface area contributed by atoms with E-state index in [2.05, 4.69) is 17.0 Å². The van der Waals surface area contributed by atoms with E-state index >= 15 is 0 Å². The van der Waals surface area contributed by atoms with Gasteiger partial charge in [-0.15, -0.1) is 0 Å². The lowest BCUT2D eigenvalue weighted by molar-refractivity contribution is 0.793. The second-order valence-electron chi connectivity index (χ2n) is 4.28. The van der Waals surface area contributed by atoms with Crippen molar-refractivity contribution in [2.24, 2.45) is 5.10 Å². The molecule has 0 unspecified atom stereocenters. The Balaban J connectivity index is 2.05. The summed E-state index contributed by atoms with van der Waals surface area (Å²) in [6, 6.07) is 18.2. The summed E-state index contributed by atoms with van der Waals surface area (Å²) in [7, 11) is 0. The van der Waals surface area contributed by atoms with Gasteiger partial charge in [-0.1, -0.05) is 61.2 Å². The van der Waals surface area contributed by atoms with E-state index in [1.54, 1.807) is 11.8 Å². The number of hydrogen-bond donors (Lipinski definition) is 0. The summed E-state index contributed by atoms with van der Waals surface area (Å²) in [5.74, 6) is 0.976. The van der Waals surface area contributed by atoms with Gasteiger partial charge in [0.25, 0.3) is 0 Å². The molecule has 100 valence electrons. The van der Waals surface area contributed by atoms with Crippen molar-refractivity contribution in [1.82, 2.24) is 9.66 Å². The first-order valence-electron chi connectivity index (χ1n) is 6.58. The maximum absolute atomic E-state index is 4.63. The Morgan fingerprint density at radius 3 is 2.65 bits per heavy atom. The zero-order chi connectivity index (χ0) is 13.8. The van der Waals surface area contributed by atoms with E-state index in [1.807, 2.05) is 65.5 Å². The highest BCUT2D eigenvalue weighted by atomic mass is 32.2. The molecule has 4 heteroatoms. The summed E-state index contributed by atoms with van der Waals surface area (Å²) in [4.78, 5) is 4.63. The minimum Gasteiger partial charge on any atom is -0.221 e. The van der Waals surface area contributed by atoms with Gasteiger partial charge in [-0.05, 0) is 23.4 Å². The third kappa shape index (κ3) is 2.60. The summed E-state index contributed by atoms with van der Waals surface area (Å²) in [6.45, 7) is 2.12. The molecule has 0 saturated heterocycles. The normalized spacial score (nSPS) is 11.4. The van der Waals surface area contributed by atoms with Gasteiger partial charge in [0.15, 0.2) is 5.16 Å². The van der Waals surface area contributed by atoms with Gasteiger partial charge in [0.2, 0.25) is 0 Å². The Kier molecular flexibility index (Phi) is 3.83. The molecule has 0 radical (unpaired) electrons. The van der Waals surface area contributed by atoms with Crippen LogP contribution in [-0.2, 0) is 0 Å². The predicted molar refractivity (Wildman–Crippen MR) is 85.6 cm³/mol. The number of fused-ring (bicyclic) bond motifs is 1. The van der Waals surface area contributed by atoms with Crippen LogP contribution in [0.3, 0.4) is 0 Å². The van der Waals surface area contributed by atoms with E-state index in [1.165, 1.54) is 0 Å². The van der Waals surface area contributed by atoms with Crippen molar-refractivity contribution in [2.45, 2.75) is 12.1 Å². The number of nitrogens with zero attached hydrogens (tertiary/aromatic N) is 3. The fourth-order valence-corrected chi connectivity index (χ4v) is 2.68. The fourth-order valence-electron chi connectivity index (χ4n) is 1.99. The van der Waals surface area contributed by atoms with Gasteiger partial charge >= 0.3 is 0 Å². The molecule has 3 aromatic rings. The summed E-state index contributed by atoms with van der Waals surface area (Å²) in [5.41, 5.74) is 3.10. The molecule has 1 aromatic heterocycles. The van der Waals surface area contributed by atoms with Crippen LogP contribution in [-0.4, -0.2) is 21.6 Å². The number of benzene rings is 2. The highest BCUT2D eigenvalue weighted by Gasteiger charge is 2.08. The molecule has 1 heterocycles. The molecule has 0 saturated carbocycles. The van der Waals surface area contributed by atoms with Crippen molar-refractivity contribution in [3.05, 3.63) is 60.2 Å². The Labute approximate surface area is 122 Å². The average Bonchev–Trinajstić information content (AvgIpc) is 2.84. The lowest BCUT2D eigenvalue weighted by atomic mass is 10.2. The van der Waals surface area contributed by atoms with Crippen LogP contribution in [0, 0.1) is 0 Å². The average molecular weight is 281 g/mol. The first-order chi connectivity index (χ1) is 9.88. The van der Waals surface area contributed by atoms with Crippen LogP contribution in [0.15, 0.2) is 64.9 Å². The number of para-hydroxylation sites is 2. The zero-order valence-electron chi connectivity index (χ0n) is 11.2. The smallest absolute Gasteiger partial charge is 0.189 e. The van der Waals surface area contributed by atoms with Crippen molar-refractivity contribution in [3.8, 4) is 0 Å². The lowest BCUT2D eigenvalue weighted by Crippen LogP contribution is -1.93. The molecule has 0 atom stereocenters. The van der Waals surface area contributed by atoms with E-state index in [0.717, 1.165) is 27.5 Å². The van der Waals surface area contributed by atoms with E-state index in [0.29, 0.717) is 0 Å². The van der Waals surface area contributed by atoms with E-state index in [9.17, 15) is 0 Å². The predicted octanol–water partition coefficient (Wildman–Crippen LogP) is 4.03. The van der Waals surface area contributed by atoms with Crippen molar-refractivity contribution in [2.75, 3.05) is 5.75 Å². The van der Waals surface area contributed by atoms with E-state index in [-0.39, 0.29) is 0 Å². The molecule has 3 nitrogen and oxygen atoms in total. The quantitative estimate of drug-likeness (QED) is 0.534. The molecule has 0 bridgehead atoms. The highest BCUT2D eigenvalue weighted by molar-refractivity contribution is 7.99. The molecule has 0 aliphatic heterocycles. The Hall–Kier alpha value is -2.07. The molecule has 3 rings (SSSR count). The minimum absolute atomic E-state index is 0.931. The van der Waals surface area contributed by atoms with E-state index in [4.69, 9.17) is 0 Å². The van der Waals surface area contributed by atoms with Crippen LogP contribution in [0.2, 0.25) is 0 Å². The van der Waals surface area contributed by atoms with Crippen LogP contribution in [0.4, 0.5) is 0 Å². The Morgan fingerprint density at radius 2 is 1.85 bits per heavy atom. The van der Waals surface area contributed by atoms with Gasteiger partial charge < -0.3 is 0 Å². The topological polar surface area (TPSA) is 30.2 Å². The van der Waals surface area contributed by atoms with Crippen molar-refractivity contribution in [3.63, 3.8) is 0 Å².